The monoisotopic (exact) mass is 564 g/mol. The second kappa shape index (κ2) is 12.3. The summed E-state index contributed by atoms with van der Waals surface area (Å²) in [7, 11) is 1.57. The predicted octanol–water partition coefficient (Wildman–Crippen LogP) is 4.83. The molecule has 0 spiro atoms. The molecule has 0 aliphatic heterocycles. The highest BCUT2D eigenvalue weighted by Crippen LogP contribution is 2.28. The van der Waals surface area contributed by atoms with E-state index in [0.717, 1.165) is 0 Å². The molecule has 0 fully saturated rings. The molecule has 4 aromatic rings. The second-order valence-corrected chi connectivity index (χ2v) is 10.6. The molecule has 3 aromatic carbocycles. The van der Waals surface area contributed by atoms with Gasteiger partial charge in [0.1, 0.15) is 24.2 Å². The number of tetrazole rings is 1. The summed E-state index contributed by atoms with van der Waals surface area (Å²) in [5.74, 6) is -0.335. The molecule has 1 heterocycles. The molecule has 1 N–H and O–H groups in total. The van der Waals surface area contributed by atoms with Crippen molar-refractivity contribution >= 4 is 23.4 Å². The van der Waals surface area contributed by atoms with Crippen molar-refractivity contribution in [1.82, 2.24) is 30.4 Å². The highest BCUT2D eigenvalue weighted by Gasteiger charge is 2.34. The van der Waals surface area contributed by atoms with Crippen molar-refractivity contribution in [1.29, 1.82) is 0 Å². The van der Waals surface area contributed by atoms with E-state index < -0.39 is 29.2 Å². The molecule has 1 unspecified atom stereocenters. The molecular weight excluding hydrogens is 535 g/mol. The first kappa shape index (κ1) is 28.7. The lowest BCUT2D eigenvalue weighted by Crippen LogP contribution is -2.49. The van der Waals surface area contributed by atoms with Gasteiger partial charge in [0.05, 0.1) is 7.11 Å². The van der Waals surface area contributed by atoms with Gasteiger partial charge in [-0.15, -0.1) is 10.2 Å². The highest BCUT2D eigenvalue weighted by atomic mass is 35.5. The van der Waals surface area contributed by atoms with E-state index in [9.17, 15) is 14.0 Å². The van der Waals surface area contributed by atoms with Crippen LogP contribution in [-0.4, -0.2) is 49.6 Å². The van der Waals surface area contributed by atoms with Crippen LogP contribution in [0.5, 0.6) is 5.75 Å². The van der Waals surface area contributed by atoms with Crippen molar-refractivity contribution in [2.24, 2.45) is 0 Å². The molecule has 4 rings (SSSR count). The maximum atomic E-state index is 13.9. The topological polar surface area (TPSA) is 102 Å². The summed E-state index contributed by atoms with van der Waals surface area (Å²) in [6, 6.07) is 18.6. The van der Waals surface area contributed by atoms with Gasteiger partial charge in [0, 0.05) is 22.7 Å². The Labute approximate surface area is 236 Å². The lowest BCUT2D eigenvalue weighted by Gasteiger charge is -2.34. The summed E-state index contributed by atoms with van der Waals surface area (Å²) in [4.78, 5) is 30.1. The molecule has 9 nitrogen and oxygen atoms in total. The molecule has 1 aromatic heterocycles. The van der Waals surface area contributed by atoms with Crippen LogP contribution in [0.15, 0.2) is 72.8 Å². The van der Waals surface area contributed by atoms with Gasteiger partial charge < -0.3 is 15.0 Å². The van der Waals surface area contributed by atoms with Crippen molar-refractivity contribution in [3.05, 3.63) is 94.8 Å². The molecular formula is C29H30ClFN6O3. The molecule has 11 heteroatoms. The van der Waals surface area contributed by atoms with Gasteiger partial charge in [-0.25, -0.2) is 4.39 Å². The number of carbonyl (C=O) groups is 2. The first-order valence-corrected chi connectivity index (χ1v) is 12.9. The van der Waals surface area contributed by atoms with Crippen molar-refractivity contribution in [3.63, 3.8) is 0 Å². The van der Waals surface area contributed by atoms with E-state index in [2.05, 4.69) is 20.7 Å². The summed E-state index contributed by atoms with van der Waals surface area (Å²) in [6.07, 6.45) is 0. The van der Waals surface area contributed by atoms with E-state index in [1.54, 1.807) is 55.6 Å². The largest absolute Gasteiger partial charge is 0.497 e. The molecule has 40 heavy (non-hydrogen) atoms. The van der Waals surface area contributed by atoms with Crippen molar-refractivity contribution in [2.75, 3.05) is 7.11 Å². The van der Waals surface area contributed by atoms with Crippen LogP contribution in [0.3, 0.4) is 0 Å². The Kier molecular flexibility index (Phi) is 8.79. The van der Waals surface area contributed by atoms with Gasteiger partial charge in [-0.05, 0) is 79.6 Å². The third-order valence-electron chi connectivity index (χ3n) is 5.94. The standard InChI is InChI=1S/C29H30ClFN6O3/c1-29(2,3)32-28(39)26(19-9-13-22(31)14-10-19)36(17-21-7-5-6-8-24(21)30)25(38)18-37-34-27(33-35-37)20-11-15-23(40-4)16-12-20/h5-16,26H,17-18H2,1-4H3,(H,32,39). The average molecular weight is 565 g/mol. The molecule has 0 radical (unpaired) electrons. The Bertz CT molecular complexity index is 1470. The average Bonchev–Trinajstić information content (AvgIpc) is 3.38. The number of hydrogen-bond acceptors (Lipinski definition) is 6. The smallest absolute Gasteiger partial charge is 0.247 e. The fourth-order valence-corrected chi connectivity index (χ4v) is 4.26. The van der Waals surface area contributed by atoms with Crippen LogP contribution in [0.1, 0.15) is 37.9 Å². The number of benzene rings is 3. The van der Waals surface area contributed by atoms with Crippen LogP contribution >= 0.6 is 11.6 Å². The quantitative estimate of drug-likeness (QED) is 0.312. The van der Waals surface area contributed by atoms with Crippen molar-refractivity contribution in [2.45, 2.75) is 45.4 Å². The minimum Gasteiger partial charge on any atom is -0.497 e. The maximum absolute atomic E-state index is 13.9. The Morgan fingerprint density at radius 1 is 1.05 bits per heavy atom. The van der Waals surface area contributed by atoms with E-state index in [1.165, 1.54) is 34.0 Å². The molecule has 208 valence electrons. The van der Waals surface area contributed by atoms with Gasteiger partial charge in [-0.2, -0.15) is 4.80 Å². The summed E-state index contributed by atoms with van der Waals surface area (Å²) >= 11 is 6.45. The Morgan fingerprint density at radius 3 is 2.35 bits per heavy atom. The summed E-state index contributed by atoms with van der Waals surface area (Å²) in [5.41, 5.74) is 1.18. The molecule has 0 bridgehead atoms. The highest BCUT2D eigenvalue weighted by molar-refractivity contribution is 6.31. The van der Waals surface area contributed by atoms with Gasteiger partial charge >= 0.3 is 0 Å². The minimum atomic E-state index is -1.09. The third kappa shape index (κ3) is 7.20. The number of ether oxygens (including phenoxy) is 1. The first-order chi connectivity index (χ1) is 19.0. The van der Waals surface area contributed by atoms with Crippen LogP contribution in [0.25, 0.3) is 11.4 Å². The molecule has 0 saturated heterocycles. The maximum Gasteiger partial charge on any atom is 0.247 e. The summed E-state index contributed by atoms with van der Waals surface area (Å²) in [6.45, 7) is 5.23. The number of aromatic nitrogens is 4. The Hall–Kier alpha value is -4.31. The fraction of sp³-hybridized carbons (Fsp3) is 0.276. The Balaban J connectivity index is 1.70. The number of carbonyl (C=O) groups excluding carboxylic acids is 2. The lowest BCUT2D eigenvalue weighted by atomic mass is 10.0. The van der Waals surface area contributed by atoms with Gasteiger partial charge in [0.15, 0.2) is 0 Å². The van der Waals surface area contributed by atoms with Crippen molar-refractivity contribution < 1.29 is 18.7 Å². The number of amides is 2. The van der Waals surface area contributed by atoms with Crippen LogP contribution in [0, 0.1) is 5.82 Å². The van der Waals surface area contributed by atoms with E-state index in [0.29, 0.717) is 33.3 Å². The zero-order valence-electron chi connectivity index (χ0n) is 22.6. The van der Waals surface area contributed by atoms with E-state index >= 15 is 0 Å². The van der Waals surface area contributed by atoms with E-state index in [1.807, 2.05) is 20.8 Å². The lowest BCUT2D eigenvalue weighted by molar-refractivity contribution is -0.143. The molecule has 1 atom stereocenters. The first-order valence-electron chi connectivity index (χ1n) is 12.6. The molecule has 0 aliphatic rings. The Morgan fingerprint density at radius 2 is 1.73 bits per heavy atom. The number of hydrogen-bond donors (Lipinski definition) is 1. The SMILES string of the molecule is COc1ccc(-c2nnn(CC(=O)N(Cc3ccccc3Cl)C(C(=O)NC(C)(C)C)c3ccc(F)cc3)n2)cc1. The number of halogens is 2. The number of nitrogens with zero attached hydrogens (tertiary/aromatic N) is 5. The number of methoxy groups -OCH3 is 1. The summed E-state index contributed by atoms with van der Waals surface area (Å²) in [5, 5.41) is 15.9. The van der Waals surface area contributed by atoms with Crippen molar-refractivity contribution in [3.8, 4) is 17.1 Å². The van der Waals surface area contributed by atoms with Gasteiger partial charge in [-0.3, -0.25) is 9.59 Å². The molecule has 0 aliphatic carbocycles. The normalized spacial score (nSPS) is 12.1. The summed E-state index contributed by atoms with van der Waals surface area (Å²) < 4.78 is 19.0. The second-order valence-electron chi connectivity index (χ2n) is 10.2. The fourth-order valence-electron chi connectivity index (χ4n) is 4.07. The van der Waals surface area contributed by atoms with Crippen LogP contribution in [0.2, 0.25) is 5.02 Å². The van der Waals surface area contributed by atoms with Crippen LogP contribution in [-0.2, 0) is 22.7 Å². The van der Waals surface area contributed by atoms with E-state index in [-0.39, 0.29) is 13.1 Å². The van der Waals surface area contributed by atoms with E-state index in [4.69, 9.17) is 16.3 Å². The zero-order valence-corrected chi connectivity index (χ0v) is 23.4. The predicted molar refractivity (Wildman–Crippen MR) is 149 cm³/mol. The van der Waals surface area contributed by atoms with Crippen LogP contribution < -0.4 is 10.1 Å². The minimum absolute atomic E-state index is 0.0121. The number of nitrogens with one attached hydrogen (secondary N) is 1. The molecule has 2 amide bonds. The zero-order chi connectivity index (χ0) is 28.9. The number of rotatable bonds is 9. The van der Waals surface area contributed by atoms with Gasteiger partial charge in [0.2, 0.25) is 17.6 Å². The third-order valence-corrected chi connectivity index (χ3v) is 6.31. The van der Waals surface area contributed by atoms with Gasteiger partial charge in [-0.1, -0.05) is 41.9 Å². The van der Waals surface area contributed by atoms with Gasteiger partial charge in [0.25, 0.3) is 0 Å². The van der Waals surface area contributed by atoms with Crippen LogP contribution in [0.4, 0.5) is 4.39 Å². The molecule has 0 saturated carbocycles.